The molecular weight excluding hydrogens is 226 g/mol. The zero-order valence-electron chi connectivity index (χ0n) is 12.1. The van der Waals surface area contributed by atoms with E-state index in [1.807, 2.05) is 18.2 Å². The summed E-state index contributed by atoms with van der Waals surface area (Å²) in [6.07, 6.45) is 0. The van der Waals surface area contributed by atoms with Gasteiger partial charge in [-0.1, -0.05) is 19.9 Å². The summed E-state index contributed by atoms with van der Waals surface area (Å²) in [5.74, 6) is 1.50. The molecule has 1 unspecified atom stereocenters. The van der Waals surface area contributed by atoms with Crippen LogP contribution in [0.4, 0.5) is 0 Å². The van der Waals surface area contributed by atoms with E-state index in [9.17, 15) is 5.11 Å². The molecule has 0 spiro atoms. The first-order chi connectivity index (χ1) is 8.49. The van der Waals surface area contributed by atoms with Crippen LogP contribution in [0.1, 0.15) is 31.9 Å². The van der Waals surface area contributed by atoms with Crippen molar-refractivity contribution in [3.8, 4) is 5.75 Å². The molecule has 1 rings (SSSR count). The predicted octanol–water partition coefficient (Wildman–Crippen LogP) is 2.66. The van der Waals surface area contributed by atoms with Gasteiger partial charge in [-0.2, -0.15) is 0 Å². The summed E-state index contributed by atoms with van der Waals surface area (Å²) in [4.78, 5) is 2.31. The lowest BCUT2D eigenvalue weighted by molar-refractivity contribution is 0.198. The van der Waals surface area contributed by atoms with E-state index in [1.165, 1.54) is 0 Å². The van der Waals surface area contributed by atoms with Crippen molar-refractivity contribution in [2.24, 2.45) is 5.92 Å². The molecule has 1 aromatic rings. The van der Waals surface area contributed by atoms with Gasteiger partial charge in [-0.05, 0) is 37.6 Å². The largest absolute Gasteiger partial charge is 0.496 e. The van der Waals surface area contributed by atoms with Gasteiger partial charge in [0.1, 0.15) is 5.75 Å². The summed E-state index contributed by atoms with van der Waals surface area (Å²) in [5, 5.41) is 9.20. The number of ether oxygens (including phenoxy) is 1. The van der Waals surface area contributed by atoms with E-state index in [0.29, 0.717) is 12.0 Å². The summed E-state index contributed by atoms with van der Waals surface area (Å²) in [5.41, 5.74) is 2.05. The molecule has 0 saturated carbocycles. The normalized spacial score (nSPS) is 13.1. The third-order valence-corrected chi connectivity index (χ3v) is 3.61. The first-order valence-electron chi connectivity index (χ1n) is 6.46. The predicted molar refractivity (Wildman–Crippen MR) is 74.7 cm³/mol. The van der Waals surface area contributed by atoms with Crippen molar-refractivity contribution in [1.29, 1.82) is 0 Å². The number of nitrogens with zero attached hydrogens (tertiary/aromatic N) is 1. The molecule has 0 saturated heterocycles. The summed E-state index contributed by atoms with van der Waals surface area (Å²) < 4.78 is 5.38. The van der Waals surface area contributed by atoms with E-state index in [1.54, 1.807) is 7.11 Å². The van der Waals surface area contributed by atoms with Gasteiger partial charge in [0.2, 0.25) is 0 Å². The minimum atomic E-state index is 0.0699. The van der Waals surface area contributed by atoms with E-state index in [-0.39, 0.29) is 6.61 Å². The Labute approximate surface area is 110 Å². The van der Waals surface area contributed by atoms with Gasteiger partial charge in [0.15, 0.2) is 0 Å². The van der Waals surface area contributed by atoms with Gasteiger partial charge in [-0.25, -0.2) is 0 Å². The SMILES string of the molecule is COc1ccc(CO)cc1CN(C)C(C)C(C)C. The molecule has 0 aromatic heterocycles. The molecule has 0 aliphatic heterocycles. The number of hydrogen-bond donors (Lipinski definition) is 1. The van der Waals surface area contributed by atoms with Crippen LogP contribution in [-0.2, 0) is 13.2 Å². The Balaban J connectivity index is 2.87. The van der Waals surface area contributed by atoms with Gasteiger partial charge in [-0.15, -0.1) is 0 Å². The zero-order chi connectivity index (χ0) is 13.7. The number of aliphatic hydroxyl groups is 1. The van der Waals surface area contributed by atoms with Gasteiger partial charge in [0, 0.05) is 18.2 Å². The second-order valence-electron chi connectivity index (χ2n) is 5.20. The highest BCUT2D eigenvalue weighted by molar-refractivity contribution is 5.37. The number of methoxy groups -OCH3 is 1. The molecule has 18 heavy (non-hydrogen) atoms. The van der Waals surface area contributed by atoms with Crippen LogP contribution in [0.5, 0.6) is 5.75 Å². The highest BCUT2D eigenvalue weighted by Crippen LogP contribution is 2.23. The molecule has 0 bridgehead atoms. The molecule has 1 N–H and O–H groups in total. The van der Waals surface area contributed by atoms with Crippen LogP contribution < -0.4 is 4.74 Å². The average molecular weight is 251 g/mol. The van der Waals surface area contributed by atoms with Crippen LogP contribution in [0.15, 0.2) is 18.2 Å². The van der Waals surface area contributed by atoms with Crippen molar-refractivity contribution in [2.45, 2.75) is 40.0 Å². The fraction of sp³-hybridized carbons (Fsp3) is 0.600. The second-order valence-corrected chi connectivity index (χ2v) is 5.20. The smallest absolute Gasteiger partial charge is 0.123 e. The Morgan fingerprint density at radius 2 is 1.94 bits per heavy atom. The third kappa shape index (κ3) is 3.72. The number of rotatable bonds is 6. The highest BCUT2D eigenvalue weighted by Gasteiger charge is 2.15. The minimum absolute atomic E-state index is 0.0699. The van der Waals surface area contributed by atoms with Gasteiger partial charge in [0.25, 0.3) is 0 Å². The molecule has 0 amide bonds. The first-order valence-corrected chi connectivity index (χ1v) is 6.46. The Morgan fingerprint density at radius 3 is 2.44 bits per heavy atom. The van der Waals surface area contributed by atoms with E-state index < -0.39 is 0 Å². The molecule has 102 valence electrons. The van der Waals surface area contributed by atoms with Crippen molar-refractivity contribution in [3.05, 3.63) is 29.3 Å². The van der Waals surface area contributed by atoms with Gasteiger partial charge < -0.3 is 9.84 Å². The molecule has 1 aromatic carbocycles. The van der Waals surface area contributed by atoms with Gasteiger partial charge >= 0.3 is 0 Å². The number of hydrogen-bond acceptors (Lipinski definition) is 3. The maximum Gasteiger partial charge on any atom is 0.123 e. The lowest BCUT2D eigenvalue weighted by Gasteiger charge is -2.28. The van der Waals surface area contributed by atoms with Crippen LogP contribution >= 0.6 is 0 Å². The summed E-state index contributed by atoms with van der Waals surface area (Å²) in [6, 6.07) is 6.35. The summed E-state index contributed by atoms with van der Waals surface area (Å²) in [6.45, 7) is 7.58. The zero-order valence-corrected chi connectivity index (χ0v) is 12.1. The van der Waals surface area contributed by atoms with E-state index in [0.717, 1.165) is 23.4 Å². The van der Waals surface area contributed by atoms with Crippen molar-refractivity contribution in [1.82, 2.24) is 4.90 Å². The molecule has 0 aliphatic rings. The second kappa shape index (κ2) is 6.76. The lowest BCUT2D eigenvalue weighted by atomic mass is 10.0. The monoisotopic (exact) mass is 251 g/mol. The van der Waals surface area contributed by atoms with Crippen LogP contribution in [0.2, 0.25) is 0 Å². The quantitative estimate of drug-likeness (QED) is 0.843. The van der Waals surface area contributed by atoms with Crippen molar-refractivity contribution < 1.29 is 9.84 Å². The van der Waals surface area contributed by atoms with Crippen molar-refractivity contribution >= 4 is 0 Å². The number of aliphatic hydroxyl groups excluding tert-OH is 1. The molecule has 0 radical (unpaired) electrons. The minimum Gasteiger partial charge on any atom is -0.496 e. The Bertz CT molecular complexity index is 377. The molecular formula is C15H25NO2. The maximum absolute atomic E-state index is 9.20. The summed E-state index contributed by atoms with van der Waals surface area (Å²) in [7, 11) is 3.80. The van der Waals surface area contributed by atoms with Gasteiger partial charge in [0.05, 0.1) is 13.7 Å². The first kappa shape index (κ1) is 15.0. The topological polar surface area (TPSA) is 32.7 Å². The average Bonchev–Trinajstić information content (AvgIpc) is 2.37. The van der Waals surface area contributed by atoms with Gasteiger partial charge in [-0.3, -0.25) is 4.90 Å². The molecule has 1 atom stereocenters. The van der Waals surface area contributed by atoms with Crippen LogP contribution in [-0.4, -0.2) is 30.2 Å². The summed E-state index contributed by atoms with van der Waals surface area (Å²) >= 11 is 0. The molecule has 0 heterocycles. The fourth-order valence-electron chi connectivity index (χ4n) is 1.98. The molecule has 3 heteroatoms. The van der Waals surface area contributed by atoms with Crippen LogP contribution in [0, 0.1) is 5.92 Å². The Morgan fingerprint density at radius 1 is 1.28 bits per heavy atom. The molecule has 0 fully saturated rings. The van der Waals surface area contributed by atoms with E-state index in [2.05, 4.69) is 32.7 Å². The maximum atomic E-state index is 9.20. The van der Waals surface area contributed by atoms with Crippen LogP contribution in [0.3, 0.4) is 0 Å². The van der Waals surface area contributed by atoms with E-state index >= 15 is 0 Å². The highest BCUT2D eigenvalue weighted by atomic mass is 16.5. The van der Waals surface area contributed by atoms with Crippen LogP contribution in [0.25, 0.3) is 0 Å². The van der Waals surface area contributed by atoms with E-state index in [4.69, 9.17) is 4.74 Å². The molecule has 3 nitrogen and oxygen atoms in total. The Hall–Kier alpha value is -1.06. The van der Waals surface area contributed by atoms with Crippen molar-refractivity contribution in [3.63, 3.8) is 0 Å². The Kier molecular flexibility index (Phi) is 5.63. The van der Waals surface area contributed by atoms with Crippen molar-refractivity contribution in [2.75, 3.05) is 14.2 Å². The number of benzene rings is 1. The fourth-order valence-corrected chi connectivity index (χ4v) is 1.98. The third-order valence-electron chi connectivity index (χ3n) is 3.61. The standard InChI is InChI=1S/C15H25NO2/c1-11(2)12(3)16(4)9-14-8-13(10-17)6-7-15(14)18-5/h6-8,11-12,17H,9-10H2,1-5H3. The molecule has 0 aliphatic carbocycles. The lowest BCUT2D eigenvalue weighted by Crippen LogP contribution is -2.32.